The molecule has 0 aliphatic heterocycles. The molecule has 15 heavy (non-hydrogen) atoms. The number of carbonyl (C=O) groups is 3. The molecule has 0 radical (unpaired) electrons. The van der Waals surface area contributed by atoms with Gasteiger partial charge in [0.15, 0.2) is 0 Å². The van der Waals surface area contributed by atoms with Gasteiger partial charge in [-0.3, -0.25) is 9.59 Å². The zero-order valence-electron chi connectivity index (χ0n) is 9.45. The minimum atomic E-state index is -0.593. The molecule has 6 heteroatoms. The van der Waals surface area contributed by atoms with Crippen molar-refractivity contribution in [2.24, 2.45) is 5.73 Å². The molecule has 6 nitrogen and oxygen atoms in total. The Morgan fingerprint density at radius 3 is 2.13 bits per heavy atom. The number of primary amides is 1. The van der Waals surface area contributed by atoms with Crippen LogP contribution in [0.2, 0.25) is 0 Å². The van der Waals surface area contributed by atoms with Gasteiger partial charge in [0.1, 0.15) is 6.29 Å². The number of hydrogen-bond donors (Lipinski definition) is 3. The quantitative estimate of drug-likeness (QED) is 0.527. The molecule has 0 bridgehead atoms. The number of aliphatic hydroxyl groups excluding tert-OH is 1. The lowest BCUT2D eigenvalue weighted by Crippen LogP contribution is -2.33. The molecule has 2 amide bonds. The summed E-state index contributed by atoms with van der Waals surface area (Å²) in [4.78, 5) is 30.5. The van der Waals surface area contributed by atoms with Gasteiger partial charge in [0.25, 0.3) is 0 Å². The molecule has 0 rings (SSSR count). The van der Waals surface area contributed by atoms with E-state index < -0.39 is 5.91 Å². The number of aldehydes is 1. The van der Waals surface area contributed by atoms with E-state index in [9.17, 15) is 14.4 Å². The lowest BCUT2D eigenvalue weighted by Gasteiger charge is -1.98. The van der Waals surface area contributed by atoms with Crippen molar-refractivity contribution in [3.63, 3.8) is 0 Å². The molecular formula is C9H20N2O4. The van der Waals surface area contributed by atoms with Gasteiger partial charge in [0.2, 0.25) is 11.8 Å². The van der Waals surface area contributed by atoms with Gasteiger partial charge in [-0.15, -0.1) is 0 Å². The first-order valence-electron chi connectivity index (χ1n) is 4.60. The van der Waals surface area contributed by atoms with Crippen LogP contribution in [-0.4, -0.2) is 36.9 Å². The smallest absolute Gasteiger partial charge is 0.236 e. The Morgan fingerprint density at radius 2 is 1.80 bits per heavy atom. The molecule has 0 spiro atoms. The minimum absolute atomic E-state index is 0.108. The second-order valence-corrected chi connectivity index (χ2v) is 1.95. The van der Waals surface area contributed by atoms with Crippen molar-refractivity contribution in [3.05, 3.63) is 0 Å². The molecule has 0 aromatic carbocycles. The molecular weight excluding hydrogens is 200 g/mol. The van der Waals surface area contributed by atoms with Crippen molar-refractivity contribution in [1.82, 2.24) is 5.32 Å². The van der Waals surface area contributed by atoms with E-state index in [1.54, 1.807) is 0 Å². The van der Waals surface area contributed by atoms with Crippen molar-refractivity contribution in [2.45, 2.75) is 26.7 Å². The molecule has 0 aromatic heterocycles. The fraction of sp³-hybridized carbons (Fsp3) is 0.667. The van der Waals surface area contributed by atoms with Crippen LogP contribution in [0.1, 0.15) is 26.7 Å². The largest absolute Gasteiger partial charge is 0.400 e. The summed E-state index contributed by atoms with van der Waals surface area (Å²) in [5, 5.41) is 9.24. The summed E-state index contributed by atoms with van der Waals surface area (Å²) in [5.74, 6) is -0.930. The molecule has 0 saturated carbocycles. The molecule has 4 N–H and O–H groups in total. The second-order valence-electron chi connectivity index (χ2n) is 1.95. The standard InChI is InChI=1S/C6H10N2O3.C2H6.CH4O/c7-5(10)4-8-6(11)2-1-3-9;2*1-2/h3H,1-2,4H2,(H2,7,10)(H,8,11);1-2H3;2H,1H3. The van der Waals surface area contributed by atoms with Crippen LogP contribution in [0.25, 0.3) is 0 Å². The summed E-state index contributed by atoms with van der Waals surface area (Å²) in [7, 11) is 1.00. The van der Waals surface area contributed by atoms with Crippen LogP contribution < -0.4 is 11.1 Å². The maximum Gasteiger partial charge on any atom is 0.236 e. The Hall–Kier alpha value is -1.43. The molecule has 0 heterocycles. The zero-order valence-corrected chi connectivity index (χ0v) is 9.45. The highest BCUT2D eigenvalue weighted by molar-refractivity contribution is 5.84. The number of rotatable bonds is 5. The highest BCUT2D eigenvalue weighted by atomic mass is 16.2. The molecule has 0 aromatic rings. The number of nitrogens with two attached hydrogens (primary N) is 1. The average molecular weight is 220 g/mol. The van der Waals surface area contributed by atoms with E-state index in [1.165, 1.54) is 0 Å². The maximum absolute atomic E-state index is 10.6. The van der Waals surface area contributed by atoms with Gasteiger partial charge in [-0.05, 0) is 0 Å². The Morgan fingerprint density at radius 1 is 1.33 bits per heavy atom. The van der Waals surface area contributed by atoms with E-state index in [-0.39, 0.29) is 25.3 Å². The maximum atomic E-state index is 10.6. The van der Waals surface area contributed by atoms with Gasteiger partial charge >= 0.3 is 0 Å². The Bertz CT molecular complexity index is 171. The molecule has 0 unspecified atom stereocenters. The van der Waals surface area contributed by atoms with E-state index in [0.717, 1.165) is 7.11 Å². The molecule has 0 aliphatic rings. The van der Waals surface area contributed by atoms with E-state index in [1.807, 2.05) is 13.8 Å². The molecule has 0 aliphatic carbocycles. The zero-order chi connectivity index (χ0) is 12.7. The van der Waals surface area contributed by atoms with Gasteiger partial charge in [-0.25, -0.2) is 0 Å². The third kappa shape index (κ3) is 24.5. The highest BCUT2D eigenvalue weighted by Gasteiger charge is 2.00. The molecule has 0 fully saturated rings. The summed E-state index contributed by atoms with van der Waals surface area (Å²) in [5.41, 5.74) is 4.75. The van der Waals surface area contributed by atoms with Crippen molar-refractivity contribution >= 4 is 18.1 Å². The normalized spacial score (nSPS) is 7.20. The van der Waals surface area contributed by atoms with E-state index in [2.05, 4.69) is 5.32 Å². The van der Waals surface area contributed by atoms with E-state index in [0.29, 0.717) is 6.29 Å². The number of carbonyl (C=O) groups excluding carboxylic acids is 3. The second kappa shape index (κ2) is 18.4. The lowest BCUT2D eigenvalue weighted by atomic mass is 10.3. The molecule has 0 atom stereocenters. The Labute approximate surface area is 89.8 Å². The molecule has 90 valence electrons. The lowest BCUT2D eigenvalue weighted by molar-refractivity contribution is -0.125. The monoisotopic (exact) mass is 220 g/mol. The van der Waals surface area contributed by atoms with Crippen molar-refractivity contribution in [3.8, 4) is 0 Å². The Balaban J connectivity index is -0.000000318. The Kier molecular flexibility index (Phi) is 23.5. The van der Waals surface area contributed by atoms with Crippen LogP contribution in [0.5, 0.6) is 0 Å². The van der Waals surface area contributed by atoms with Crippen LogP contribution in [0.3, 0.4) is 0 Å². The van der Waals surface area contributed by atoms with Gasteiger partial charge in [-0.1, -0.05) is 13.8 Å². The third-order valence-electron chi connectivity index (χ3n) is 0.949. The van der Waals surface area contributed by atoms with Gasteiger partial charge in [-0.2, -0.15) is 0 Å². The van der Waals surface area contributed by atoms with Crippen LogP contribution in [0.4, 0.5) is 0 Å². The van der Waals surface area contributed by atoms with Crippen LogP contribution in [-0.2, 0) is 14.4 Å². The number of nitrogens with one attached hydrogen (secondary N) is 1. The fourth-order valence-electron chi connectivity index (χ4n) is 0.464. The first kappa shape index (κ1) is 19.2. The van der Waals surface area contributed by atoms with Crippen LogP contribution >= 0.6 is 0 Å². The van der Waals surface area contributed by atoms with Crippen molar-refractivity contribution < 1.29 is 19.5 Å². The van der Waals surface area contributed by atoms with Gasteiger partial charge in [0.05, 0.1) is 6.54 Å². The summed E-state index contributed by atoms with van der Waals surface area (Å²) < 4.78 is 0. The highest BCUT2D eigenvalue weighted by Crippen LogP contribution is 1.82. The van der Waals surface area contributed by atoms with Crippen LogP contribution in [0.15, 0.2) is 0 Å². The van der Waals surface area contributed by atoms with Gasteiger partial charge in [0, 0.05) is 20.0 Å². The first-order valence-corrected chi connectivity index (χ1v) is 4.60. The van der Waals surface area contributed by atoms with Crippen molar-refractivity contribution in [2.75, 3.05) is 13.7 Å². The number of amides is 2. The minimum Gasteiger partial charge on any atom is -0.400 e. The number of hydrogen-bond acceptors (Lipinski definition) is 4. The third-order valence-corrected chi connectivity index (χ3v) is 0.949. The predicted molar refractivity (Wildman–Crippen MR) is 57.0 cm³/mol. The van der Waals surface area contributed by atoms with E-state index >= 15 is 0 Å². The summed E-state index contributed by atoms with van der Waals surface area (Å²) in [6, 6.07) is 0. The van der Waals surface area contributed by atoms with Crippen molar-refractivity contribution in [1.29, 1.82) is 0 Å². The SMILES string of the molecule is CC.CO.NC(=O)CNC(=O)CCC=O. The summed E-state index contributed by atoms with van der Waals surface area (Å²) >= 11 is 0. The topological polar surface area (TPSA) is 109 Å². The summed E-state index contributed by atoms with van der Waals surface area (Å²) in [6.07, 6.45) is 0.922. The molecule has 0 saturated heterocycles. The van der Waals surface area contributed by atoms with Crippen LogP contribution in [0, 0.1) is 0 Å². The predicted octanol–water partition coefficient (Wildman–Crippen LogP) is -0.798. The van der Waals surface area contributed by atoms with Gasteiger partial charge < -0.3 is 21.0 Å². The summed E-state index contributed by atoms with van der Waals surface area (Å²) in [6.45, 7) is 3.83. The average Bonchev–Trinajstić information content (AvgIpc) is 2.29. The fourth-order valence-corrected chi connectivity index (χ4v) is 0.464. The first-order chi connectivity index (χ1) is 7.16. The number of aliphatic hydroxyl groups is 1. The van der Waals surface area contributed by atoms with E-state index in [4.69, 9.17) is 10.8 Å².